The second kappa shape index (κ2) is 6.60. The van der Waals surface area contributed by atoms with E-state index in [9.17, 15) is 0 Å². The minimum atomic E-state index is 0.285. The van der Waals surface area contributed by atoms with Gasteiger partial charge in [0.1, 0.15) is 0 Å². The van der Waals surface area contributed by atoms with Crippen molar-refractivity contribution in [2.45, 2.75) is 37.8 Å². The molecule has 0 amide bonds. The van der Waals surface area contributed by atoms with E-state index in [-0.39, 0.29) is 6.10 Å². The summed E-state index contributed by atoms with van der Waals surface area (Å²) in [7, 11) is 1.79. The summed E-state index contributed by atoms with van der Waals surface area (Å²) < 4.78 is 7.51. The Balaban J connectivity index is 2.17. The van der Waals surface area contributed by atoms with Crippen LogP contribution in [0.5, 0.6) is 0 Å². The Kier molecular flexibility index (Phi) is 5.36. The van der Waals surface area contributed by atoms with E-state index in [4.69, 9.17) is 16.3 Å². The van der Waals surface area contributed by atoms with Gasteiger partial charge in [0.05, 0.1) is 17.8 Å². The number of nitrogens with one attached hydrogen (secondary N) is 1. The second-order valence-electron chi connectivity index (χ2n) is 4.55. The molecule has 18 heavy (non-hydrogen) atoms. The van der Waals surface area contributed by atoms with Crippen LogP contribution in [-0.2, 0) is 4.74 Å². The molecular weight excluding hydrogens is 381 g/mol. The van der Waals surface area contributed by atoms with Crippen LogP contribution in [0.2, 0.25) is 5.02 Å². The van der Waals surface area contributed by atoms with Gasteiger partial charge < -0.3 is 10.1 Å². The van der Waals surface area contributed by atoms with E-state index in [2.05, 4.69) is 37.2 Å². The van der Waals surface area contributed by atoms with Gasteiger partial charge in [-0.1, -0.05) is 24.4 Å². The molecule has 2 atom stereocenters. The fraction of sp³-hybridized carbons (Fsp3) is 0.538. The van der Waals surface area contributed by atoms with Crippen LogP contribution in [0.25, 0.3) is 0 Å². The van der Waals surface area contributed by atoms with Crippen molar-refractivity contribution in [1.82, 2.24) is 0 Å². The number of anilines is 1. The monoisotopic (exact) mass is 395 g/mol. The molecule has 1 aromatic rings. The number of hydrogen-bond donors (Lipinski definition) is 1. The van der Waals surface area contributed by atoms with E-state index in [0.717, 1.165) is 27.5 Å². The van der Waals surface area contributed by atoms with Crippen LogP contribution in [0.1, 0.15) is 25.7 Å². The third kappa shape index (κ3) is 3.41. The Bertz CT molecular complexity index is 404. The Hall–Kier alpha value is 0.230. The lowest BCUT2D eigenvalue weighted by atomic mass is 9.92. The van der Waals surface area contributed by atoms with E-state index < -0.39 is 0 Å². The normalized spacial score (nSPS) is 24.0. The summed E-state index contributed by atoms with van der Waals surface area (Å²) in [6, 6.07) is 4.16. The molecule has 1 aromatic carbocycles. The quantitative estimate of drug-likeness (QED) is 0.754. The molecule has 1 N–H and O–H groups in total. The first-order valence-corrected chi connectivity index (χ1v) is 8.02. The van der Waals surface area contributed by atoms with Crippen LogP contribution in [0.4, 0.5) is 5.69 Å². The van der Waals surface area contributed by atoms with Crippen LogP contribution >= 0.6 is 43.5 Å². The largest absolute Gasteiger partial charge is 0.379 e. The van der Waals surface area contributed by atoms with Crippen molar-refractivity contribution < 1.29 is 4.74 Å². The highest BCUT2D eigenvalue weighted by molar-refractivity contribution is 9.11. The summed E-state index contributed by atoms with van der Waals surface area (Å²) in [4.78, 5) is 0. The smallest absolute Gasteiger partial charge is 0.0772 e. The first kappa shape index (κ1) is 14.6. The third-order valence-corrected chi connectivity index (χ3v) is 4.81. The minimum absolute atomic E-state index is 0.285. The Morgan fingerprint density at radius 1 is 1.22 bits per heavy atom. The lowest BCUT2D eigenvalue weighted by Gasteiger charge is -2.32. The van der Waals surface area contributed by atoms with Gasteiger partial charge in [-0.05, 0) is 56.8 Å². The van der Waals surface area contributed by atoms with E-state index in [1.165, 1.54) is 12.8 Å². The number of hydrogen-bond acceptors (Lipinski definition) is 2. The molecule has 0 heterocycles. The fourth-order valence-corrected chi connectivity index (χ4v) is 4.31. The highest BCUT2D eigenvalue weighted by Crippen LogP contribution is 2.36. The SMILES string of the molecule is COC1CCCCC1Nc1c(Br)cc(Cl)cc1Br. The molecule has 0 saturated heterocycles. The number of halogens is 3. The first-order valence-electron chi connectivity index (χ1n) is 6.05. The predicted octanol–water partition coefficient (Wildman–Crippen LogP) is 5.23. The van der Waals surface area contributed by atoms with Gasteiger partial charge in [-0.15, -0.1) is 0 Å². The molecule has 0 aliphatic heterocycles. The molecule has 0 radical (unpaired) electrons. The number of benzene rings is 1. The highest BCUT2D eigenvalue weighted by atomic mass is 79.9. The van der Waals surface area contributed by atoms with E-state index in [1.807, 2.05) is 12.1 Å². The average molecular weight is 398 g/mol. The lowest BCUT2D eigenvalue weighted by Crippen LogP contribution is -2.37. The third-order valence-electron chi connectivity index (χ3n) is 3.34. The second-order valence-corrected chi connectivity index (χ2v) is 6.70. The van der Waals surface area contributed by atoms with Gasteiger partial charge in [-0.25, -0.2) is 0 Å². The first-order chi connectivity index (χ1) is 8.61. The van der Waals surface area contributed by atoms with Crippen molar-refractivity contribution in [3.05, 3.63) is 26.1 Å². The zero-order chi connectivity index (χ0) is 13.1. The molecule has 5 heteroatoms. The van der Waals surface area contributed by atoms with Gasteiger partial charge in [0.2, 0.25) is 0 Å². The van der Waals surface area contributed by atoms with Gasteiger partial charge in [-0.3, -0.25) is 0 Å². The van der Waals surface area contributed by atoms with E-state index in [1.54, 1.807) is 7.11 Å². The maximum Gasteiger partial charge on any atom is 0.0772 e. The van der Waals surface area contributed by atoms with Crippen LogP contribution < -0.4 is 5.32 Å². The van der Waals surface area contributed by atoms with Crippen LogP contribution in [0.3, 0.4) is 0 Å². The zero-order valence-corrected chi connectivity index (χ0v) is 14.1. The topological polar surface area (TPSA) is 21.3 Å². The molecule has 1 fully saturated rings. The molecular formula is C13H16Br2ClNO. The predicted molar refractivity (Wildman–Crippen MR) is 83.5 cm³/mol. The van der Waals surface area contributed by atoms with Crippen LogP contribution in [-0.4, -0.2) is 19.3 Å². The zero-order valence-electron chi connectivity index (χ0n) is 10.2. The molecule has 2 unspecified atom stereocenters. The van der Waals surface area contributed by atoms with Crippen molar-refractivity contribution in [3.8, 4) is 0 Å². The van der Waals surface area contributed by atoms with Crippen molar-refractivity contribution in [2.24, 2.45) is 0 Å². The van der Waals surface area contributed by atoms with Gasteiger partial charge >= 0.3 is 0 Å². The van der Waals surface area contributed by atoms with Crippen LogP contribution in [0.15, 0.2) is 21.1 Å². The van der Waals surface area contributed by atoms with Gasteiger partial charge in [0.25, 0.3) is 0 Å². The molecule has 0 aromatic heterocycles. The fourth-order valence-electron chi connectivity index (χ4n) is 2.41. The molecule has 2 rings (SSSR count). The molecule has 0 bridgehead atoms. The van der Waals surface area contributed by atoms with E-state index >= 15 is 0 Å². The minimum Gasteiger partial charge on any atom is -0.379 e. The van der Waals surface area contributed by atoms with Crippen molar-refractivity contribution in [3.63, 3.8) is 0 Å². The summed E-state index contributed by atoms with van der Waals surface area (Å²) in [5.74, 6) is 0. The van der Waals surface area contributed by atoms with Crippen molar-refractivity contribution >= 4 is 49.1 Å². The molecule has 100 valence electrons. The summed E-state index contributed by atoms with van der Waals surface area (Å²) in [6.45, 7) is 0. The van der Waals surface area contributed by atoms with Crippen molar-refractivity contribution in [2.75, 3.05) is 12.4 Å². The number of rotatable bonds is 3. The molecule has 1 aliphatic rings. The van der Waals surface area contributed by atoms with Gasteiger partial charge in [-0.2, -0.15) is 0 Å². The summed E-state index contributed by atoms with van der Waals surface area (Å²) in [6.07, 6.45) is 5.05. The maximum absolute atomic E-state index is 6.01. The van der Waals surface area contributed by atoms with Gasteiger partial charge in [0.15, 0.2) is 0 Å². The molecule has 0 spiro atoms. The van der Waals surface area contributed by atoms with Crippen LogP contribution in [0, 0.1) is 0 Å². The Morgan fingerprint density at radius 2 is 1.83 bits per heavy atom. The Morgan fingerprint density at radius 3 is 2.44 bits per heavy atom. The van der Waals surface area contributed by atoms with Gasteiger partial charge in [0, 0.05) is 21.1 Å². The van der Waals surface area contributed by atoms with E-state index in [0.29, 0.717) is 11.1 Å². The average Bonchev–Trinajstić information content (AvgIpc) is 2.34. The van der Waals surface area contributed by atoms with Crippen molar-refractivity contribution in [1.29, 1.82) is 0 Å². The number of methoxy groups -OCH3 is 1. The highest BCUT2D eigenvalue weighted by Gasteiger charge is 2.25. The lowest BCUT2D eigenvalue weighted by molar-refractivity contribution is 0.0606. The summed E-state index contributed by atoms with van der Waals surface area (Å²) >= 11 is 13.1. The molecule has 2 nitrogen and oxygen atoms in total. The summed E-state index contributed by atoms with van der Waals surface area (Å²) in [5.41, 5.74) is 1.05. The Labute approximate surface area is 130 Å². The summed E-state index contributed by atoms with van der Waals surface area (Å²) in [5, 5.41) is 4.28. The number of ether oxygens (including phenoxy) is 1. The standard InChI is InChI=1S/C13H16Br2ClNO/c1-18-12-5-3-2-4-11(12)17-13-9(14)6-8(16)7-10(13)15/h6-7,11-12,17H,2-5H2,1H3. The molecule has 1 saturated carbocycles. The molecule has 1 aliphatic carbocycles. The maximum atomic E-state index is 6.01.